The van der Waals surface area contributed by atoms with E-state index in [2.05, 4.69) is 10.6 Å². The highest BCUT2D eigenvalue weighted by Crippen LogP contribution is 2.16. The molecule has 5 nitrogen and oxygen atoms in total. The maximum Gasteiger partial charge on any atom is 0.253 e. The summed E-state index contributed by atoms with van der Waals surface area (Å²) in [6.07, 6.45) is 3.14. The molecule has 0 saturated carbocycles. The van der Waals surface area contributed by atoms with Gasteiger partial charge in [0.05, 0.1) is 17.9 Å². The Kier molecular flexibility index (Phi) is 6.77. The van der Waals surface area contributed by atoms with Crippen molar-refractivity contribution in [2.24, 2.45) is 0 Å². The highest BCUT2D eigenvalue weighted by molar-refractivity contribution is 6.07. The third kappa shape index (κ3) is 5.49. The van der Waals surface area contributed by atoms with Crippen molar-refractivity contribution in [2.75, 3.05) is 18.5 Å². The summed E-state index contributed by atoms with van der Waals surface area (Å²) >= 11 is 0. The standard InChI is InChI=1S/C20H22N2O3/c1-3-21-20(24)17-7-5-6-8-18(17)22-19(23)14-11-15-9-12-16(13-10-15)25-4-2/h5-14H,3-4H2,1-2H3,(H,21,24)(H,22,23)/b14-11+. The molecule has 0 fully saturated rings. The molecular formula is C20H22N2O3. The summed E-state index contributed by atoms with van der Waals surface area (Å²) in [6.45, 7) is 4.91. The predicted molar refractivity (Wildman–Crippen MR) is 99.7 cm³/mol. The molecule has 0 bridgehead atoms. The molecule has 2 aromatic rings. The van der Waals surface area contributed by atoms with Crippen molar-refractivity contribution in [3.63, 3.8) is 0 Å². The van der Waals surface area contributed by atoms with Gasteiger partial charge in [-0.05, 0) is 49.8 Å². The van der Waals surface area contributed by atoms with E-state index in [1.807, 2.05) is 38.1 Å². The molecule has 2 rings (SSSR count). The van der Waals surface area contributed by atoms with E-state index >= 15 is 0 Å². The van der Waals surface area contributed by atoms with Crippen molar-refractivity contribution < 1.29 is 14.3 Å². The Morgan fingerprint density at radius 3 is 2.44 bits per heavy atom. The van der Waals surface area contributed by atoms with Gasteiger partial charge in [-0.2, -0.15) is 0 Å². The number of anilines is 1. The Balaban J connectivity index is 2.04. The quantitative estimate of drug-likeness (QED) is 0.760. The van der Waals surface area contributed by atoms with Gasteiger partial charge in [-0.3, -0.25) is 9.59 Å². The van der Waals surface area contributed by atoms with Crippen molar-refractivity contribution in [1.29, 1.82) is 0 Å². The molecule has 0 aromatic heterocycles. The van der Waals surface area contributed by atoms with Crippen LogP contribution < -0.4 is 15.4 Å². The second-order valence-corrected chi connectivity index (χ2v) is 5.23. The second-order valence-electron chi connectivity index (χ2n) is 5.23. The van der Waals surface area contributed by atoms with Crippen LogP contribution in [-0.4, -0.2) is 25.0 Å². The Morgan fingerprint density at radius 2 is 1.76 bits per heavy atom. The Hall–Kier alpha value is -3.08. The molecule has 2 aromatic carbocycles. The predicted octanol–water partition coefficient (Wildman–Crippen LogP) is 3.49. The van der Waals surface area contributed by atoms with E-state index in [1.165, 1.54) is 6.08 Å². The van der Waals surface area contributed by atoms with E-state index in [1.54, 1.807) is 30.3 Å². The summed E-state index contributed by atoms with van der Waals surface area (Å²) < 4.78 is 5.38. The molecule has 2 N–H and O–H groups in total. The zero-order chi connectivity index (χ0) is 18.1. The highest BCUT2D eigenvalue weighted by atomic mass is 16.5. The van der Waals surface area contributed by atoms with Crippen molar-refractivity contribution >= 4 is 23.6 Å². The van der Waals surface area contributed by atoms with Crippen molar-refractivity contribution in [3.05, 3.63) is 65.7 Å². The van der Waals surface area contributed by atoms with E-state index in [0.717, 1.165) is 11.3 Å². The first-order valence-corrected chi connectivity index (χ1v) is 8.23. The number of hydrogen-bond donors (Lipinski definition) is 2. The number of rotatable bonds is 7. The number of amides is 2. The zero-order valence-corrected chi connectivity index (χ0v) is 14.4. The van der Waals surface area contributed by atoms with Crippen LogP contribution in [0.25, 0.3) is 6.08 Å². The molecule has 5 heteroatoms. The second kappa shape index (κ2) is 9.27. The lowest BCUT2D eigenvalue weighted by Gasteiger charge is -2.09. The number of carbonyl (C=O) groups is 2. The van der Waals surface area contributed by atoms with Crippen LogP contribution in [0.4, 0.5) is 5.69 Å². The lowest BCUT2D eigenvalue weighted by molar-refractivity contribution is -0.111. The van der Waals surface area contributed by atoms with Gasteiger partial charge >= 0.3 is 0 Å². The largest absolute Gasteiger partial charge is 0.494 e. The van der Waals surface area contributed by atoms with E-state index in [0.29, 0.717) is 24.4 Å². The Morgan fingerprint density at radius 1 is 1.04 bits per heavy atom. The van der Waals surface area contributed by atoms with Gasteiger partial charge in [0.15, 0.2) is 0 Å². The van der Waals surface area contributed by atoms with Gasteiger partial charge in [0, 0.05) is 12.6 Å². The molecule has 25 heavy (non-hydrogen) atoms. The van der Waals surface area contributed by atoms with Crippen LogP contribution in [0.2, 0.25) is 0 Å². The SMILES string of the molecule is CCNC(=O)c1ccccc1NC(=O)/C=C/c1ccc(OCC)cc1. The number of carbonyl (C=O) groups excluding carboxylic acids is 2. The molecule has 0 atom stereocenters. The van der Waals surface area contributed by atoms with Crippen LogP contribution in [0.3, 0.4) is 0 Å². The van der Waals surface area contributed by atoms with E-state index in [4.69, 9.17) is 4.74 Å². The smallest absolute Gasteiger partial charge is 0.253 e. The summed E-state index contributed by atoms with van der Waals surface area (Å²) in [5, 5.41) is 5.47. The van der Waals surface area contributed by atoms with Crippen LogP contribution in [0.1, 0.15) is 29.8 Å². The lowest BCUT2D eigenvalue weighted by atomic mass is 10.1. The van der Waals surface area contributed by atoms with Gasteiger partial charge in [-0.15, -0.1) is 0 Å². The minimum absolute atomic E-state index is 0.214. The van der Waals surface area contributed by atoms with Gasteiger partial charge in [-0.1, -0.05) is 24.3 Å². The summed E-state index contributed by atoms with van der Waals surface area (Å²) in [4.78, 5) is 24.2. The van der Waals surface area contributed by atoms with Gasteiger partial charge in [-0.25, -0.2) is 0 Å². The minimum atomic E-state index is -0.300. The van der Waals surface area contributed by atoms with Crippen LogP contribution in [0.5, 0.6) is 5.75 Å². The molecular weight excluding hydrogens is 316 g/mol. The number of benzene rings is 2. The number of nitrogens with one attached hydrogen (secondary N) is 2. The molecule has 0 unspecified atom stereocenters. The van der Waals surface area contributed by atoms with Crippen molar-refractivity contribution in [3.8, 4) is 5.75 Å². The minimum Gasteiger partial charge on any atom is -0.494 e. The van der Waals surface area contributed by atoms with Crippen LogP contribution in [0.15, 0.2) is 54.6 Å². The first-order valence-electron chi connectivity index (χ1n) is 8.23. The molecule has 0 aliphatic heterocycles. The molecule has 0 heterocycles. The highest BCUT2D eigenvalue weighted by Gasteiger charge is 2.10. The third-order valence-corrected chi connectivity index (χ3v) is 3.39. The molecule has 0 spiro atoms. The molecule has 2 amide bonds. The topological polar surface area (TPSA) is 67.4 Å². The summed E-state index contributed by atoms with van der Waals surface area (Å²) in [7, 11) is 0. The lowest BCUT2D eigenvalue weighted by Crippen LogP contribution is -2.24. The fourth-order valence-corrected chi connectivity index (χ4v) is 2.23. The fraction of sp³-hybridized carbons (Fsp3) is 0.200. The average molecular weight is 338 g/mol. The Labute approximate surface area is 147 Å². The van der Waals surface area contributed by atoms with Crippen LogP contribution in [0, 0.1) is 0 Å². The molecule has 0 radical (unpaired) electrons. The molecule has 130 valence electrons. The fourth-order valence-electron chi connectivity index (χ4n) is 2.23. The van der Waals surface area contributed by atoms with E-state index in [-0.39, 0.29) is 11.8 Å². The molecule has 0 aliphatic carbocycles. The maximum atomic E-state index is 12.1. The molecule has 0 saturated heterocycles. The van der Waals surface area contributed by atoms with Gasteiger partial charge in [0.25, 0.3) is 5.91 Å². The van der Waals surface area contributed by atoms with E-state index in [9.17, 15) is 9.59 Å². The summed E-state index contributed by atoms with van der Waals surface area (Å²) in [5.74, 6) is 0.277. The number of para-hydroxylation sites is 1. The van der Waals surface area contributed by atoms with Gasteiger partial charge in [0.2, 0.25) is 5.91 Å². The van der Waals surface area contributed by atoms with Gasteiger partial charge < -0.3 is 15.4 Å². The van der Waals surface area contributed by atoms with Crippen molar-refractivity contribution in [1.82, 2.24) is 5.32 Å². The maximum absolute atomic E-state index is 12.1. The van der Waals surface area contributed by atoms with Crippen LogP contribution in [-0.2, 0) is 4.79 Å². The van der Waals surface area contributed by atoms with E-state index < -0.39 is 0 Å². The first kappa shape index (κ1) is 18.3. The monoisotopic (exact) mass is 338 g/mol. The Bertz CT molecular complexity index is 752. The summed E-state index contributed by atoms with van der Waals surface area (Å²) in [5.41, 5.74) is 1.80. The third-order valence-electron chi connectivity index (χ3n) is 3.39. The summed E-state index contributed by atoms with van der Waals surface area (Å²) in [6, 6.07) is 14.4. The normalized spacial score (nSPS) is 10.5. The molecule has 0 aliphatic rings. The van der Waals surface area contributed by atoms with Gasteiger partial charge in [0.1, 0.15) is 5.75 Å². The van der Waals surface area contributed by atoms with Crippen molar-refractivity contribution in [2.45, 2.75) is 13.8 Å². The average Bonchev–Trinajstić information content (AvgIpc) is 2.62. The zero-order valence-electron chi connectivity index (χ0n) is 14.4. The first-order chi connectivity index (χ1) is 12.1. The number of hydrogen-bond acceptors (Lipinski definition) is 3. The number of ether oxygens (including phenoxy) is 1. The van der Waals surface area contributed by atoms with Crippen LogP contribution >= 0.6 is 0 Å².